The quantitative estimate of drug-likeness (QED) is 0.497. The molecule has 152 valence electrons. The number of hydrogen-bond donors (Lipinski definition) is 2. The van der Waals surface area contributed by atoms with Crippen molar-refractivity contribution in [3.05, 3.63) is 67.6 Å². The number of fused-ring (bicyclic) bond motifs is 1. The Kier molecular flexibility index (Phi) is 5.06. The Morgan fingerprint density at radius 1 is 1.17 bits per heavy atom. The number of carbonyl (C=O) groups is 1. The number of H-pyrrole nitrogens is 1. The van der Waals surface area contributed by atoms with Crippen LogP contribution in [0.2, 0.25) is 0 Å². The van der Waals surface area contributed by atoms with Gasteiger partial charge in [0.2, 0.25) is 11.9 Å². The molecule has 5 rings (SSSR count). The third kappa shape index (κ3) is 3.73. The third-order valence-electron chi connectivity index (χ3n) is 5.04. The highest BCUT2D eigenvalue weighted by Crippen LogP contribution is 2.28. The molecule has 0 radical (unpaired) electrons. The molecule has 0 saturated carbocycles. The van der Waals surface area contributed by atoms with Crippen LogP contribution in [0, 0.1) is 0 Å². The number of amides is 1. The first-order valence-electron chi connectivity index (χ1n) is 9.76. The minimum atomic E-state index is -0.142. The van der Waals surface area contributed by atoms with Crippen LogP contribution in [0.15, 0.2) is 45.9 Å². The van der Waals surface area contributed by atoms with E-state index >= 15 is 0 Å². The minimum absolute atomic E-state index is 0.126. The first-order chi connectivity index (χ1) is 14.7. The van der Waals surface area contributed by atoms with Gasteiger partial charge in [0.05, 0.1) is 17.0 Å². The number of rotatable bonds is 5. The fourth-order valence-electron chi connectivity index (χ4n) is 3.63. The number of carbonyl (C=O) groups excluding carboxylic acids is 1. The second-order valence-electron chi connectivity index (χ2n) is 7.13. The van der Waals surface area contributed by atoms with Gasteiger partial charge < -0.3 is 5.32 Å². The fourth-order valence-corrected chi connectivity index (χ4v) is 5.01. The van der Waals surface area contributed by atoms with Crippen LogP contribution in [0.5, 0.6) is 0 Å². The molecule has 0 fully saturated rings. The number of anilines is 1. The van der Waals surface area contributed by atoms with E-state index in [2.05, 4.69) is 20.4 Å². The molecule has 0 aromatic carbocycles. The standard InChI is InChI=1S/C21H19N5O2S2/c27-19(11-13-5-3-9-29-13)23-18-12-16(17-8-4-10-30-17)25-26(18)21-22-15-7-2-1-6-14(15)20(28)24-21/h3-5,8-10,12H,1-2,6-7,11H2,(H,23,27)(H,22,24,28). The Morgan fingerprint density at radius 2 is 2.00 bits per heavy atom. The van der Waals surface area contributed by atoms with Crippen LogP contribution in [0.1, 0.15) is 29.0 Å². The summed E-state index contributed by atoms with van der Waals surface area (Å²) in [5, 5.41) is 11.5. The van der Waals surface area contributed by atoms with E-state index in [-0.39, 0.29) is 17.9 Å². The second-order valence-corrected chi connectivity index (χ2v) is 9.11. The lowest BCUT2D eigenvalue weighted by atomic mass is 9.97. The van der Waals surface area contributed by atoms with Crippen molar-refractivity contribution in [3.8, 4) is 16.5 Å². The highest BCUT2D eigenvalue weighted by atomic mass is 32.1. The molecule has 9 heteroatoms. The number of aryl methyl sites for hydroxylation is 1. The van der Waals surface area contributed by atoms with Gasteiger partial charge in [-0.2, -0.15) is 9.78 Å². The zero-order chi connectivity index (χ0) is 20.5. The highest BCUT2D eigenvalue weighted by Gasteiger charge is 2.20. The van der Waals surface area contributed by atoms with Crippen LogP contribution in [0.25, 0.3) is 16.5 Å². The van der Waals surface area contributed by atoms with Crippen molar-refractivity contribution in [1.29, 1.82) is 0 Å². The number of thiophene rings is 2. The van der Waals surface area contributed by atoms with Crippen molar-refractivity contribution in [2.75, 3.05) is 5.32 Å². The molecule has 0 bridgehead atoms. The van der Waals surface area contributed by atoms with Crippen LogP contribution in [0.3, 0.4) is 0 Å². The number of aromatic nitrogens is 4. The molecule has 4 aromatic rings. The first-order valence-corrected chi connectivity index (χ1v) is 11.5. The predicted molar refractivity (Wildman–Crippen MR) is 119 cm³/mol. The number of nitrogens with one attached hydrogen (secondary N) is 2. The minimum Gasteiger partial charge on any atom is -0.310 e. The predicted octanol–water partition coefficient (Wildman–Crippen LogP) is 3.81. The zero-order valence-corrected chi connectivity index (χ0v) is 17.7. The summed E-state index contributed by atoms with van der Waals surface area (Å²) < 4.78 is 1.53. The van der Waals surface area contributed by atoms with E-state index < -0.39 is 0 Å². The van der Waals surface area contributed by atoms with Crippen LogP contribution in [-0.2, 0) is 24.1 Å². The smallest absolute Gasteiger partial charge is 0.255 e. The van der Waals surface area contributed by atoms with E-state index in [9.17, 15) is 9.59 Å². The largest absolute Gasteiger partial charge is 0.310 e. The van der Waals surface area contributed by atoms with Gasteiger partial charge in [0.15, 0.2) is 0 Å². The summed E-state index contributed by atoms with van der Waals surface area (Å²) in [6, 6.07) is 9.59. The Bertz CT molecular complexity index is 1240. The van der Waals surface area contributed by atoms with Gasteiger partial charge >= 0.3 is 0 Å². The lowest BCUT2D eigenvalue weighted by Crippen LogP contribution is -2.25. The molecular weight excluding hydrogens is 418 g/mol. The maximum absolute atomic E-state index is 12.6. The Labute approximate surface area is 180 Å². The summed E-state index contributed by atoms with van der Waals surface area (Å²) >= 11 is 3.10. The van der Waals surface area contributed by atoms with E-state index in [4.69, 9.17) is 0 Å². The summed E-state index contributed by atoms with van der Waals surface area (Å²) in [5.41, 5.74) is 2.18. The zero-order valence-electron chi connectivity index (χ0n) is 16.1. The molecular formula is C21H19N5O2S2. The molecule has 0 unspecified atom stereocenters. The Balaban J connectivity index is 1.54. The Hall–Kier alpha value is -3.04. The van der Waals surface area contributed by atoms with Gasteiger partial charge in [-0.15, -0.1) is 22.7 Å². The number of hydrogen-bond acceptors (Lipinski definition) is 6. The second kappa shape index (κ2) is 8.00. The highest BCUT2D eigenvalue weighted by molar-refractivity contribution is 7.13. The van der Waals surface area contributed by atoms with Gasteiger partial charge in [0, 0.05) is 16.5 Å². The van der Waals surface area contributed by atoms with Crippen molar-refractivity contribution in [1.82, 2.24) is 19.7 Å². The molecule has 0 saturated heterocycles. The van der Waals surface area contributed by atoms with Gasteiger partial charge in [0.25, 0.3) is 5.56 Å². The van der Waals surface area contributed by atoms with Gasteiger partial charge in [-0.3, -0.25) is 14.6 Å². The molecule has 0 aliphatic heterocycles. The summed E-state index contributed by atoms with van der Waals surface area (Å²) in [5.74, 6) is 0.672. The van der Waals surface area contributed by atoms with Crippen molar-refractivity contribution < 1.29 is 4.79 Å². The van der Waals surface area contributed by atoms with Crippen LogP contribution in [-0.4, -0.2) is 25.7 Å². The maximum Gasteiger partial charge on any atom is 0.255 e. The molecule has 1 aliphatic rings. The van der Waals surface area contributed by atoms with E-state index in [1.807, 2.05) is 41.1 Å². The van der Waals surface area contributed by atoms with Crippen molar-refractivity contribution in [2.24, 2.45) is 0 Å². The van der Waals surface area contributed by atoms with Crippen molar-refractivity contribution >= 4 is 34.4 Å². The van der Waals surface area contributed by atoms with Crippen LogP contribution >= 0.6 is 22.7 Å². The van der Waals surface area contributed by atoms with E-state index in [1.165, 1.54) is 4.68 Å². The van der Waals surface area contributed by atoms with Crippen LogP contribution < -0.4 is 10.9 Å². The molecule has 30 heavy (non-hydrogen) atoms. The lowest BCUT2D eigenvalue weighted by molar-refractivity contribution is -0.115. The normalized spacial score (nSPS) is 13.2. The molecule has 1 amide bonds. The van der Waals surface area contributed by atoms with Crippen molar-refractivity contribution in [3.63, 3.8) is 0 Å². The SMILES string of the molecule is O=C(Cc1cccs1)Nc1cc(-c2cccs2)nn1-c1nc2c(c(=O)[nH]1)CCCC2. The number of aromatic amines is 1. The topological polar surface area (TPSA) is 92.7 Å². The first kappa shape index (κ1) is 19.0. The fraction of sp³-hybridized carbons (Fsp3) is 0.238. The summed E-state index contributed by atoms with van der Waals surface area (Å²) in [4.78, 5) is 34.7. The monoisotopic (exact) mass is 437 g/mol. The summed E-state index contributed by atoms with van der Waals surface area (Å²) in [6.07, 6.45) is 3.84. The third-order valence-corrected chi connectivity index (χ3v) is 6.81. The molecule has 4 heterocycles. The lowest BCUT2D eigenvalue weighted by Gasteiger charge is -2.15. The van der Waals surface area contributed by atoms with E-state index in [1.54, 1.807) is 22.7 Å². The van der Waals surface area contributed by atoms with Gasteiger partial charge in [-0.05, 0) is 48.6 Å². The molecule has 2 N–H and O–H groups in total. The van der Waals surface area contributed by atoms with Gasteiger partial charge in [-0.1, -0.05) is 12.1 Å². The number of nitrogens with zero attached hydrogens (tertiary/aromatic N) is 3. The van der Waals surface area contributed by atoms with Gasteiger partial charge in [-0.25, -0.2) is 4.98 Å². The average Bonchev–Trinajstić information content (AvgIpc) is 3.50. The maximum atomic E-state index is 12.6. The van der Waals surface area contributed by atoms with E-state index in [0.717, 1.165) is 52.4 Å². The molecule has 7 nitrogen and oxygen atoms in total. The Morgan fingerprint density at radius 3 is 2.80 bits per heavy atom. The summed E-state index contributed by atoms with van der Waals surface area (Å²) in [6.45, 7) is 0. The summed E-state index contributed by atoms with van der Waals surface area (Å²) in [7, 11) is 0. The molecule has 0 spiro atoms. The average molecular weight is 438 g/mol. The molecule has 4 aromatic heterocycles. The molecule has 1 aliphatic carbocycles. The van der Waals surface area contributed by atoms with Crippen LogP contribution in [0.4, 0.5) is 5.82 Å². The van der Waals surface area contributed by atoms with Gasteiger partial charge in [0.1, 0.15) is 11.5 Å². The van der Waals surface area contributed by atoms with Crippen molar-refractivity contribution in [2.45, 2.75) is 32.1 Å². The molecule has 0 atom stereocenters. The van der Waals surface area contributed by atoms with E-state index in [0.29, 0.717) is 11.8 Å².